The number of morpholine rings is 1. The van der Waals surface area contributed by atoms with E-state index in [9.17, 15) is 18.0 Å². The number of allylic oxidation sites excluding steroid dienone is 1. The van der Waals surface area contributed by atoms with Gasteiger partial charge >= 0.3 is 0 Å². The van der Waals surface area contributed by atoms with Gasteiger partial charge in [-0.3, -0.25) is 19.0 Å². The predicted molar refractivity (Wildman–Crippen MR) is 213 cm³/mol. The van der Waals surface area contributed by atoms with Crippen LogP contribution in [0.15, 0.2) is 36.4 Å². The van der Waals surface area contributed by atoms with Gasteiger partial charge in [0.25, 0.3) is 5.91 Å². The summed E-state index contributed by atoms with van der Waals surface area (Å²) >= 11 is 0. The lowest BCUT2D eigenvalue weighted by Crippen LogP contribution is -2.42. The first-order chi connectivity index (χ1) is 26.5. The lowest BCUT2D eigenvalue weighted by atomic mass is 9.81. The normalized spacial score (nSPS) is 21.3. The highest BCUT2D eigenvalue weighted by Crippen LogP contribution is 2.49. The van der Waals surface area contributed by atoms with E-state index in [0.29, 0.717) is 31.2 Å². The van der Waals surface area contributed by atoms with Gasteiger partial charge in [-0.25, -0.2) is 8.42 Å². The van der Waals surface area contributed by atoms with Gasteiger partial charge in [-0.1, -0.05) is 31.4 Å². The van der Waals surface area contributed by atoms with Crippen molar-refractivity contribution in [3.05, 3.63) is 70.0 Å². The van der Waals surface area contributed by atoms with Crippen molar-refractivity contribution < 1.29 is 27.5 Å². The van der Waals surface area contributed by atoms with E-state index < -0.39 is 21.2 Å². The van der Waals surface area contributed by atoms with Crippen LogP contribution >= 0.6 is 0 Å². The average Bonchev–Trinajstić information content (AvgIpc) is 3.90. The van der Waals surface area contributed by atoms with Gasteiger partial charge in [-0.05, 0) is 118 Å². The number of nitrogens with zero attached hydrogens (tertiary/aromatic N) is 4. The van der Waals surface area contributed by atoms with Gasteiger partial charge in [-0.2, -0.15) is 5.10 Å². The zero-order chi connectivity index (χ0) is 38.2. The summed E-state index contributed by atoms with van der Waals surface area (Å²) in [6.45, 7) is 6.75. The molecule has 5 aliphatic rings. The Morgan fingerprint density at radius 3 is 2.47 bits per heavy atom. The van der Waals surface area contributed by atoms with Crippen LogP contribution in [0.5, 0.6) is 5.75 Å². The highest BCUT2D eigenvalue weighted by atomic mass is 32.2. The molecule has 2 saturated carbocycles. The minimum atomic E-state index is -3.76. The zero-order valence-electron chi connectivity index (χ0n) is 32.3. The second kappa shape index (κ2) is 14.0. The summed E-state index contributed by atoms with van der Waals surface area (Å²) in [5, 5.41) is 5.57. The number of benzene rings is 2. The number of hydrogen-bond acceptors (Lipinski definition) is 7. The Labute approximate surface area is 323 Å². The summed E-state index contributed by atoms with van der Waals surface area (Å²) in [6, 6.07) is 12.8. The highest BCUT2D eigenvalue weighted by Gasteiger charge is 2.44. The first-order valence-corrected chi connectivity index (χ1v) is 21.7. The van der Waals surface area contributed by atoms with Crippen LogP contribution in [0.2, 0.25) is 0 Å². The number of aromatic nitrogens is 3. The summed E-state index contributed by atoms with van der Waals surface area (Å²) in [7, 11) is -2.07. The predicted octanol–water partition coefficient (Wildman–Crippen LogP) is 7.16. The van der Waals surface area contributed by atoms with Gasteiger partial charge in [0.2, 0.25) is 15.9 Å². The van der Waals surface area contributed by atoms with E-state index in [1.807, 2.05) is 24.0 Å². The zero-order valence-corrected chi connectivity index (χ0v) is 33.1. The lowest BCUT2D eigenvalue weighted by Gasteiger charge is -2.30. The first-order valence-electron chi connectivity index (χ1n) is 20.1. The first kappa shape index (κ1) is 36.2. The van der Waals surface area contributed by atoms with E-state index >= 15 is 0 Å². The van der Waals surface area contributed by atoms with Crippen LogP contribution in [0, 0.1) is 6.92 Å². The van der Waals surface area contributed by atoms with Crippen molar-refractivity contribution in [2.45, 2.75) is 121 Å². The molecule has 2 saturated heterocycles. The van der Waals surface area contributed by atoms with Gasteiger partial charge in [-0.15, -0.1) is 0 Å². The van der Waals surface area contributed by atoms with Gasteiger partial charge in [0.05, 0.1) is 72.8 Å². The van der Waals surface area contributed by atoms with E-state index in [2.05, 4.69) is 44.3 Å². The molecule has 9 rings (SSSR count). The van der Waals surface area contributed by atoms with Gasteiger partial charge < -0.3 is 18.9 Å². The number of likely N-dealkylation sites (tertiary alicyclic amines) is 1. The van der Waals surface area contributed by atoms with Gasteiger partial charge in [0.15, 0.2) is 0 Å². The summed E-state index contributed by atoms with van der Waals surface area (Å²) in [6.07, 6.45) is 12.1. The third kappa shape index (κ3) is 6.29. The monoisotopic (exact) mass is 765 g/mol. The van der Waals surface area contributed by atoms with Crippen molar-refractivity contribution >= 4 is 44.4 Å². The molecule has 5 heterocycles. The van der Waals surface area contributed by atoms with Crippen LogP contribution < -0.4 is 9.46 Å². The van der Waals surface area contributed by atoms with E-state index in [0.717, 1.165) is 94.5 Å². The Kier molecular flexibility index (Phi) is 9.19. The quantitative estimate of drug-likeness (QED) is 0.192. The molecule has 0 unspecified atom stereocenters. The van der Waals surface area contributed by atoms with Crippen molar-refractivity contribution in [3.63, 3.8) is 0 Å². The Morgan fingerprint density at radius 2 is 1.80 bits per heavy atom. The average molecular weight is 766 g/mol. The molecule has 2 aromatic heterocycles. The molecule has 2 bridgehead atoms. The highest BCUT2D eigenvalue weighted by molar-refractivity contribution is 7.90. The molecule has 1 N–H and O–H groups in total. The van der Waals surface area contributed by atoms with E-state index in [1.165, 1.54) is 24.8 Å². The smallest absolute Gasteiger partial charge is 0.258 e. The minimum absolute atomic E-state index is 0.0232. The molecule has 0 radical (unpaired) electrons. The molecule has 2 amide bonds. The molecule has 3 aliphatic heterocycles. The maximum absolute atomic E-state index is 14.7. The summed E-state index contributed by atoms with van der Waals surface area (Å²) in [5.41, 5.74) is 9.64. The molecule has 4 fully saturated rings. The molecule has 290 valence electrons. The number of rotatable bonds is 9. The SMILES string of the molecule is COc1ccc2c(c1)C=C(c1c(C(=O)N3C[C@@H]4C[C@H]3CO4)c(C)nn1C1CCC1)Cn1c-2c(C2CCCCC2)c2ccc(CC(=O)NS(=O)(=O)C(C)C)cc21. The molecule has 0 spiro atoms. The third-order valence-electron chi connectivity index (χ3n) is 12.8. The largest absolute Gasteiger partial charge is 0.497 e. The number of nitrogens with one attached hydrogen (secondary N) is 1. The second-order valence-corrected chi connectivity index (χ2v) is 18.8. The standard InChI is InChI=1S/C43H51N5O6S/c1-25(2)55(51,52)45-38(49)18-27-13-15-36-37(17-27)47-22-30(19-29-20-33(53-4)14-16-35(29)42(47)40(36)28-9-6-5-7-10-28)41-39(26(3)44-48(41)31-11-8-12-31)43(50)46-23-34-21-32(46)24-54-34/h13-17,19-20,25,28,31-32,34H,5-12,18,21-24H2,1-4H3,(H,45,49)/t32-,34-/m0/s1. The minimum Gasteiger partial charge on any atom is -0.497 e. The van der Waals surface area contributed by atoms with Crippen molar-refractivity contribution in [1.82, 2.24) is 24.0 Å². The van der Waals surface area contributed by atoms with Crippen molar-refractivity contribution in [3.8, 4) is 17.0 Å². The van der Waals surface area contributed by atoms with Crippen molar-refractivity contribution in [1.29, 1.82) is 0 Å². The van der Waals surface area contributed by atoms with Crippen LogP contribution in [0.25, 0.3) is 33.8 Å². The third-order valence-corrected chi connectivity index (χ3v) is 14.5. The molecular formula is C43H51N5O6S. The number of fused-ring (bicyclic) bond motifs is 7. The molecule has 55 heavy (non-hydrogen) atoms. The molecule has 2 aliphatic carbocycles. The van der Waals surface area contributed by atoms with Crippen LogP contribution in [-0.2, 0) is 32.5 Å². The van der Waals surface area contributed by atoms with Crippen LogP contribution in [-0.4, -0.2) is 77.1 Å². The second-order valence-electron chi connectivity index (χ2n) is 16.6. The Bertz CT molecular complexity index is 2350. The number of methoxy groups -OCH3 is 1. The summed E-state index contributed by atoms with van der Waals surface area (Å²) in [5.74, 6) is 0.596. The molecule has 12 heteroatoms. The Hall–Kier alpha value is -4.42. The van der Waals surface area contributed by atoms with Crippen LogP contribution in [0.3, 0.4) is 0 Å². The molecule has 2 atom stereocenters. The van der Waals surface area contributed by atoms with E-state index in [-0.39, 0.29) is 30.5 Å². The van der Waals surface area contributed by atoms with Crippen LogP contribution in [0.4, 0.5) is 0 Å². The number of hydrogen-bond donors (Lipinski definition) is 1. The fourth-order valence-electron chi connectivity index (χ4n) is 9.64. The maximum Gasteiger partial charge on any atom is 0.258 e. The number of ether oxygens (including phenoxy) is 2. The Balaban J connectivity index is 1.24. The van der Waals surface area contributed by atoms with Gasteiger partial charge in [0.1, 0.15) is 5.75 Å². The fraction of sp³-hybridized carbons (Fsp3) is 0.512. The number of carbonyl (C=O) groups is 2. The lowest BCUT2D eigenvalue weighted by molar-refractivity contribution is -0.118. The van der Waals surface area contributed by atoms with E-state index in [4.69, 9.17) is 14.6 Å². The molecule has 4 aromatic rings. The van der Waals surface area contributed by atoms with Gasteiger partial charge in [0, 0.05) is 23.0 Å². The number of amides is 2. The van der Waals surface area contributed by atoms with E-state index in [1.54, 1.807) is 21.0 Å². The van der Waals surface area contributed by atoms with Crippen molar-refractivity contribution in [2.75, 3.05) is 20.3 Å². The molecular weight excluding hydrogens is 715 g/mol. The molecule has 11 nitrogen and oxygen atoms in total. The number of carbonyl (C=O) groups excluding carboxylic acids is 2. The topological polar surface area (TPSA) is 125 Å². The number of aryl methyl sites for hydroxylation is 1. The number of sulfonamides is 1. The summed E-state index contributed by atoms with van der Waals surface area (Å²) < 4.78 is 43.7. The Morgan fingerprint density at radius 1 is 1.00 bits per heavy atom. The fourth-order valence-corrected chi connectivity index (χ4v) is 10.3. The van der Waals surface area contributed by atoms with Crippen molar-refractivity contribution in [2.24, 2.45) is 0 Å². The van der Waals surface area contributed by atoms with Crippen LogP contribution in [0.1, 0.15) is 122 Å². The maximum atomic E-state index is 14.7. The summed E-state index contributed by atoms with van der Waals surface area (Å²) in [4.78, 5) is 29.9. The molecule has 2 aromatic carbocycles.